The molecule has 0 unspecified atom stereocenters. The van der Waals surface area contributed by atoms with E-state index >= 15 is 0 Å². The molecular weight excluding hydrogens is 248 g/mol. The van der Waals surface area contributed by atoms with Gasteiger partial charge < -0.3 is 10.6 Å². The first-order chi connectivity index (χ1) is 9.65. The molecule has 0 aliphatic heterocycles. The average molecular weight is 274 g/mol. The summed E-state index contributed by atoms with van der Waals surface area (Å²) in [5.74, 6) is 4.03. The molecule has 1 heterocycles. The maximum atomic E-state index is 6.08. The van der Waals surface area contributed by atoms with Crippen LogP contribution >= 0.6 is 0 Å². The summed E-state index contributed by atoms with van der Waals surface area (Å²) in [5.41, 5.74) is 7.12. The van der Waals surface area contributed by atoms with Crippen molar-refractivity contribution >= 4 is 11.6 Å². The second-order valence-corrected chi connectivity index (χ2v) is 6.57. The van der Waals surface area contributed by atoms with Crippen molar-refractivity contribution in [3.05, 3.63) is 11.4 Å². The smallest absolute Gasteiger partial charge is 0.137 e. The van der Waals surface area contributed by atoms with Crippen molar-refractivity contribution in [3.63, 3.8) is 0 Å². The lowest BCUT2D eigenvalue weighted by Gasteiger charge is -2.29. The molecule has 2 aliphatic carbocycles. The van der Waals surface area contributed by atoms with Gasteiger partial charge in [0, 0.05) is 25.1 Å². The average Bonchev–Trinajstić information content (AvgIpc) is 3.27. The molecule has 2 saturated carbocycles. The van der Waals surface area contributed by atoms with Gasteiger partial charge in [0.2, 0.25) is 0 Å². The lowest BCUT2D eigenvalue weighted by molar-refractivity contribution is 0.361. The summed E-state index contributed by atoms with van der Waals surface area (Å²) in [6.07, 6.45) is 9.33. The Hall–Kier alpha value is -1.32. The Labute approximate surface area is 121 Å². The van der Waals surface area contributed by atoms with Crippen molar-refractivity contribution in [1.29, 1.82) is 0 Å². The Bertz CT molecular complexity index is 476. The fraction of sp³-hybridized carbons (Fsp3) is 0.750. The van der Waals surface area contributed by atoms with Crippen molar-refractivity contribution in [3.8, 4) is 0 Å². The van der Waals surface area contributed by atoms with E-state index in [2.05, 4.69) is 16.9 Å². The molecular formula is C16H26N4. The summed E-state index contributed by atoms with van der Waals surface area (Å²) in [6.45, 7) is 3.14. The predicted molar refractivity (Wildman–Crippen MR) is 83.0 cm³/mol. The highest BCUT2D eigenvalue weighted by molar-refractivity contribution is 5.56. The molecule has 0 spiro atoms. The minimum absolute atomic E-state index is 0.555. The Morgan fingerprint density at radius 2 is 1.80 bits per heavy atom. The van der Waals surface area contributed by atoms with E-state index in [-0.39, 0.29) is 0 Å². The number of nitrogen functional groups attached to an aromatic ring is 1. The molecule has 1 aromatic rings. The number of aromatic nitrogens is 2. The SMILES string of the molecule is Cc1c(N)nc(C2CC2)nc1N(C)CC1CCCCC1. The van der Waals surface area contributed by atoms with Crippen LogP contribution in [0.15, 0.2) is 0 Å². The molecule has 2 N–H and O–H groups in total. The Kier molecular flexibility index (Phi) is 3.81. The van der Waals surface area contributed by atoms with E-state index in [0.717, 1.165) is 29.7 Å². The van der Waals surface area contributed by atoms with Crippen LogP contribution in [0.25, 0.3) is 0 Å². The predicted octanol–water partition coefficient (Wildman–Crippen LogP) is 3.26. The van der Waals surface area contributed by atoms with E-state index in [9.17, 15) is 0 Å². The van der Waals surface area contributed by atoms with E-state index in [4.69, 9.17) is 10.7 Å². The molecule has 20 heavy (non-hydrogen) atoms. The lowest BCUT2D eigenvalue weighted by Crippen LogP contribution is -2.28. The van der Waals surface area contributed by atoms with Crippen LogP contribution < -0.4 is 10.6 Å². The molecule has 1 aromatic heterocycles. The number of hydrogen-bond donors (Lipinski definition) is 1. The van der Waals surface area contributed by atoms with Gasteiger partial charge in [-0.15, -0.1) is 0 Å². The normalized spacial score (nSPS) is 20.1. The summed E-state index contributed by atoms with van der Waals surface area (Å²) in [6, 6.07) is 0. The van der Waals surface area contributed by atoms with Crippen LogP contribution in [0, 0.1) is 12.8 Å². The Balaban J connectivity index is 1.76. The third-order valence-electron chi connectivity index (χ3n) is 4.74. The van der Waals surface area contributed by atoms with E-state index in [1.807, 2.05) is 6.92 Å². The van der Waals surface area contributed by atoms with Gasteiger partial charge >= 0.3 is 0 Å². The molecule has 0 radical (unpaired) electrons. The first kappa shape index (κ1) is 13.7. The maximum Gasteiger partial charge on any atom is 0.137 e. The van der Waals surface area contributed by atoms with Gasteiger partial charge in [-0.05, 0) is 38.5 Å². The van der Waals surface area contributed by atoms with Crippen LogP contribution in [0.4, 0.5) is 11.6 Å². The van der Waals surface area contributed by atoms with Gasteiger partial charge in [-0.3, -0.25) is 0 Å². The molecule has 0 saturated heterocycles. The van der Waals surface area contributed by atoms with Gasteiger partial charge in [-0.2, -0.15) is 0 Å². The van der Waals surface area contributed by atoms with E-state index < -0.39 is 0 Å². The lowest BCUT2D eigenvalue weighted by atomic mass is 9.89. The Morgan fingerprint density at radius 3 is 2.45 bits per heavy atom. The summed E-state index contributed by atoms with van der Waals surface area (Å²) in [7, 11) is 2.15. The number of hydrogen-bond acceptors (Lipinski definition) is 4. The molecule has 0 atom stereocenters. The summed E-state index contributed by atoms with van der Waals surface area (Å²) >= 11 is 0. The van der Waals surface area contributed by atoms with Crippen LogP contribution in [0.5, 0.6) is 0 Å². The number of nitrogens with two attached hydrogens (primary N) is 1. The van der Waals surface area contributed by atoms with Crippen LogP contribution in [0.1, 0.15) is 62.3 Å². The topological polar surface area (TPSA) is 55.0 Å². The molecule has 3 rings (SSSR count). The van der Waals surface area contributed by atoms with E-state index in [1.54, 1.807) is 0 Å². The molecule has 2 fully saturated rings. The second-order valence-electron chi connectivity index (χ2n) is 6.57. The summed E-state index contributed by atoms with van der Waals surface area (Å²) < 4.78 is 0. The largest absolute Gasteiger partial charge is 0.383 e. The minimum Gasteiger partial charge on any atom is -0.383 e. The first-order valence-electron chi connectivity index (χ1n) is 8.00. The molecule has 110 valence electrons. The monoisotopic (exact) mass is 274 g/mol. The van der Waals surface area contributed by atoms with Crippen molar-refractivity contribution < 1.29 is 0 Å². The van der Waals surface area contributed by atoms with Gasteiger partial charge in [0.25, 0.3) is 0 Å². The fourth-order valence-electron chi connectivity index (χ4n) is 3.28. The van der Waals surface area contributed by atoms with E-state index in [1.165, 1.54) is 44.9 Å². The molecule has 2 aliphatic rings. The third-order valence-corrected chi connectivity index (χ3v) is 4.74. The molecule has 0 aromatic carbocycles. The van der Waals surface area contributed by atoms with Crippen LogP contribution in [-0.2, 0) is 0 Å². The Morgan fingerprint density at radius 1 is 1.10 bits per heavy atom. The second kappa shape index (κ2) is 5.58. The van der Waals surface area contributed by atoms with Crippen molar-refractivity contribution in [2.75, 3.05) is 24.2 Å². The highest BCUT2D eigenvalue weighted by Gasteiger charge is 2.28. The number of nitrogens with zero attached hydrogens (tertiary/aromatic N) is 3. The molecule has 0 bridgehead atoms. The number of rotatable bonds is 4. The first-order valence-corrected chi connectivity index (χ1v) is 8.00. The highest BCUT2D eigenvalue weighted by Crippen LogP contribution is 2.39. The van der Waals surface area contributed by atoms with E-state index in [0.29, 0.717) is 11.7 Å². The van der Waals surface area contributed by atoms with Crippen LogP contribution in [0.3, 0.4) is 0 Å². The quantitative estimate of drug-likeness (QED) is 0.915. The van der Waals surface area contributed by atoms with Crippen molar-refractivity contribution in [2.45, 2.75) is 57.8 Å². The zero-order chi connectivity index (χ0) is 14.1. The maximum absolute atomic E-state index is 6.08. The molecule has 4 heteroatoms. The molecule has 0 amide bonds. The minimum atomic E-state index is 0.555. The standard InChI is InChI=1S/C16H26N4/c1-11-14(17)18-15(13-8-9-13)19-16(11)20(2)10-12-6-4-3-5-7-12/h12-13H,3-10H2,1-2H3,(H2,17,18,19). The van der Waals surface area contributed by atoms with Gasteiger partial charge in [0.05, 0.1) is 0 Å². The molecule has 4 nitrogen and oxygen atoms in total. The summed E-state index contributed by atoms with van der Waals surface area (Å²) in [4.78, 5) is 11.6. The zero-order valence-corrected chi connectivity index (χ0v) is 12.7. The number of anilines is 2. The third kappa shape index (κ3) is 2.89. The van der Waals surface area contributed by atoms with Gasteiger partial charge in [0.15, 0.2) is 0 Å². The zero-order valence-electron chi connectivity index (χ0n) is 12.7. The van der Waals surface area contributed by atoms with Crippen molar-refractivity contribution in [2.24, 2.45) is 5.92 Å². The van der Waals surface area contributed by atoms with Crippen LogP contribution in [-0.4, -0.2) is 23.6 Å². The van der Waals surface area contributed by atoms with Gasteiger partial charge in [-0.25, -0.2) is 9.97 Å². The fourth-order valence-corrected chi connectivity index (χ4v) is 3.28. The van der Waals surface area contributed by atoms with Gasteiger partial charge in [-0.1, -0.05) is 19.3 Å². The van der Waals surface area contributed by atoms with Gasteiger partial charge in [0.1, 0.15) is 17.5 Å². The van der Waals surface area contributed by atoms with Crippen LogP contribution in [0.2, 0.25) is 0 Å². The highest BCUT2D eigenvalue weighted by atomic mass is 15.2. The summed E-state index contributed by atoms with van der Waals surface area (Å²) in [5, 5.41) is 0. The van der Waals surface area contributed by atoms with Crippen molar-refractivity contribution in [1.82, 2.24) is 9.97 Å².